The van der Waals surface area contributed by atoms with Crippen molar-refractivity contribution < 1.29 is 18.0 Å². The van der Waals surface area contributed by atoms with E-state index in [1.807, 2.05) is 14.7 Å². The van der Waals surface area contributed by atoms with E-state index in [4.69, 9.17) is 0 Å². The van der Waals surface area contributed by atoms with Crippen LogP contribution in [0.25, 0.3) is 0 Å². The minimum Gasteiger partial charge on any atom is -0.343 e. The molecule has 5 rings (SSSR count). The number of hydrogen-bond donors (Lipinski definition) is 0. The van der Waals surface area contributed by atoms with Crippen molar-refractivity contribution in [1.82, 2.24) is 19.6 Å². The quantitative estimate of drug-likeness (QED) is 0.635. The Morgan fingerprint density at radius 2 is 1.74 bits per heavy atom. The molecule has 34 heavy (non-hydrogen) atoms. The number of hydrogen-bond acceptors (Lipinski definition) is 6. The van der Waals surface area contributed by atoms with E-state index in [1.54, 1.807) is 24.3 Å². The molecule has 10 heteroatoms. The van der Waals surface area contributed by atoms with Crippen molar-refractivity contribution in [3.63, 3.8) is 0 Å². The molecule has 0 radical (unpaired) electrons. The zero-order valence-electron chi connectivity index (χ0n) is 19.7. The number of fused-ring (bicyclic) bond motifs is 1. The first-order valence-electron chi connectivity index (χ1n) is 12.4. The molecule has 0 aliphatic carbocycles. The first kappa shape index (κ1) is 23.3. The van der Waals surface area contributed by atoms with Gasteiger partial charge in [-0.3, -0.25) is 14.5 Å². The zero-order chi connectivity index (χ0) is 23.9. The maximum absolute atomic E-state index is 13.4. The lowest BCUT2D eigenvalue weighted by molar-refractivity contribution is -0.138. The number of benzene rings is 1. The SMILES string of the molecule is CC1CCCCN1C(=O)CN1CCN(C(=O)[C@@H]2CCCN2C2=NS(=O)(=O)c3ccccc32)CC1. The smallest absolute Gasteiger partial charge is 0.285 e. The topological polar surface area (TPSA) is 93.6 Å². The molecule has 1 unspecified atom stereocenters. The summed E-state index contributed by atoms with van der Waals surface area (Å²) in [6.45, 7) is 6.49. The van der Waals surface area contributed by atoms with Gasteiger partial charge in [-0.25, -0.2) is 0 Å². The zero-order valence-corrected chi connectivity index (χ0v) is 20.5. The summed E-state index contributed by atoms with van der Waals surface area (Å²) in [7, 11) is -3.72. The van der Waals surface area contributed by atoms with Gasteiger partial charge in [0.2, 0.25) is 11.8 Å². The molecule has 3 fully saturated rings. The normalized spacial score (nSPS) is 27.0. The van der Waals surface area contributed by atoms with Gasteiger partial charge in [0, 0.05) is 50.9 Å². The fraction of sp³-hybridized carbons (Fsp3) is 0.625. The Labute approximate surface area is 201 Å². The Hall–Kier alpha value is -2.46. The molecule has 4 aliphatic rings. The Morgan fingerprint density at radius 1 is 0.971 bits per heavy atom. The first-order valence-corrected chi connectivity index (χ1v) is 13.8. The van der Waals surface area contributed by atoms with Crippen LogP contribution in [0, 0.1) is 0 Å². The number of carbonyl (C=O) groups is 2. The van der Waals surface area contributed by atoms with Crippen molar-refractivity contribution in [2.24, 2.45) is 4.40 Å². The number of nitrogens with zero attached hydrogens (tertiary/aromatic N) is 5. The Morgan fingerprint density at radius 3 is 2.50 bits per heavy atom. The maximum Gasteiger partial charge on any atom is 0.285 e. The van der Waals surface area contributed by atoms with Crippen LogP contribution in [0.2, 0.25) is 0 Å². The van der Waals surface area contributed by atoms with E-state index in [0.29, 0.717) is 63.1 Å². The van der Waals surface area contributed by atoms with E-state index in [0.717, 1.165) is 25.8 Å². The van der Waals surface area contributed by atoms with Gasteiger partial charge in [-0.2, -0.15) is 8.42 Å². The summed E-state index contributed by atoms with van der Waals surface area (Å²) >= 11 is 0. The van der Waals surface area contributed by atoms with Crippen LogP contribution in [0.4, 0.5) is 0 Å². The van der Waals surface area contributed by atoms with E-state index in [2.05, 4.69) is 16.2 Å². The second kappa shape index (κ2) is 9.30. The van der Waals surface area contributed by atoms with Gasteiger partial charge in [0.15, 0.2) is 5.84 Å². The minimum absolute atomic E-state index is 0.0256. The van der Waals surface area contributed by atoms with Gasteiger partial charge in [0.25, 0.3) is 10.0 Å². The number of likely N-dealkylation sites (tertiary alicyclic amines) is 2. The maximum atomic E-state index is 13.4. The minimum atomic E-state index is -3.72. The van der Waals surface area contributed by atoms with Gasteiger partial charge < -0.3 is 14.7 Å². The average molecular weight is 488 g/mol. The standard InChI is InChI=1S/C24H33N5O4S/c1-18-7-4-5-11-28(18)22(30)17-26-13-15-27(16-14-26)24(31)20-9-6-12-29(20)23-19-8-2-3-10-21(19)34(32,33)25-23/h2-3,8,10,18,20H,4-7,9,11-17H2,1H3/t18?,20-/m0/s1. The van der Waals surface area contributed by atoms with E-state index >= 15 is 0 Å². The molecule has 4 heterocycles. The fourth-order valence-electron chi connectivity index (χ4n) is 5.66. The number of rotatable bonds is 3. The van der Waals surface area contributed by atoms with Crippen molar-refractivity contribution in [1.29, 1.82) is 0 Å². The van der Waals surface area contributed by atoms with Crippen molar-refractivity contribution in [3.05, 3.63) is 29.8 Å². The molecule has 0 N–H and O–H groups in total. The van der Waals surface area contributed by atoms with Crippen LogP contribution in [-0.4, -0.2) is 104 Å². The molecule has 2 amide bonds. The molecule has 0 spiro atoms. The lowest BCUT2D eigenvalue weighted by atomic mass is 10.0. The largest absolute Gasteiger partial charge is 0.343 e. The summed E-state index contributed by atoms with van der Waals surface area (Å²) in [5.74, 6) is 0.608. The van der Waals surface area contributed by atoms with Gasteiger partial charge in [-0.05, 0) is 51.2 Å². The summed E-state index contributed by atoms with van der Waals surface area (Å²) in [6.07, 6.45) is 4.84. The molecule has 184 valence electrons. The molecule has 4 aliphatic heterocycles. The summed E-state index contributed by atoms with van der Waals surface area (Å²) in [4.78, 5) is 34.3. The number of amidine groups is 1. The highest BCUT2D eigenvalue weighted by atomic mass is 32.2. The van der Waals surface area contributed by atoms with E-state index in [9.17, 15) is 18.0 Å². The van der Waals surface area contributed by atoms with Crippen LogP contribution in [0.3, 0.4) is 0 Å². The molecule has 0 bridgehead atoms. The van der Waals surface area contributed by atoms with E-state index in [1.165, 1.54) is 6.42 Å². The van der Waals surface area contributed by atoms with Crippen LogP contribution in [-0.2, 0) is 19.6 Å². The molecule has 1 aromatic rings. The highest BCUT2D eigenvalue weighted by Crippen LogP contribution is 2.31. The third-order valence-corrected chi connectivity index (χ3v) is 8.91. The second-order valence-electron chi connectivity index (χ2n) is 9.77. The third-order valence-electron chi connectivity index (χ3n) is 7.59. The Kier molecular flexibility index (Phi) is 6.37. The summed E-state index contributed by atoms with van der Waals surface area (Å²) in [5.41, 5.74) is 0.581. The van der Waals surface area contributed by atoms with Crippen LogP contribution in [0.5, 0.6) is 0 Å². The molecule has 9 nitrogen and oxygen atoms in total. The van der Waals surface area contributed by atoms with Gasteiger partial charge in [-0.15, -0.1) is 4.40 Å². The monoisotopic (exact) mass is 487 g/mol. The Balaban J connectivity index is 1.21. The summed E-state index contributed by atoms with van der Waals surface area (Å²) < 4.78 is 29.1. The van der Waals surface area contributed by atoms with Gasteiger partial charge in [0.1, 0.15) is 10.9 Å². The number of piperazine rings is 1. The molecule has 3 saturated heterocycles. The van der Waals surface area contributed by atoms with Crippen molar-refractivity contribution >= 4 is 27.7 Å². The number of carbonyl (C=O) groups excluding carboxylic acids is 2. The molecule has 1 aromatic carbocycles. The van der Waals surface area contributed by atoms with Crippen LogP contribution in [0.1, 0.15) is 44.6 Å². The van der Waals surface area contributed by atoms with Gasteiger partial charge in [-0.1, -0.05) is 12.1 Å². The van der Waals surface area contributed by atoms with Gasteiger partial charge >= 0.3 is 0 Å². The molecular weight excluding hydrogens is 454 g/mol. The number of piperidine rings is 1. The molecular formula is C24H33N5O4S. The summed E-state index contributed by atoms with van der Waals surface area (Å²) in [5, 5.41) is 0. The van der Waals surface area contributed by atoms with Crippen molar-refractivity contribution in [3.8, 4) is 0 Å². The average Bonchev–Trinajstić information content (AvgIpc) is 3.42. The number of amides is 2. The second-order valence-corrected chi connectivity index (χ2v) is 11.3. The van der Waals surface area contributed by atoms with Crippen molar-refractivity contribution in [2.45, 2.75) is 56.0 Å². The molecule has 2 atom stereocenters. The predicted molar refractivity (Wildman–Crippen MR) is 128 cm³/mol. The fourth-order valence-corrected chi connectivity index (χ4v) is 6.88. The van der Waals surface area contributed by atoms with Crippen LogP contribution < -0.4 is 0 Å². The molecule has 0 saturated carbocycles. The third kappa shape index (κ3) is 4.33. The predicted octanol–water partition coefficient (Wildman–Crippen LogP) is 1.15. The van der Waals surface area contributed by atoms with Crippen molar-refractivity contribution in [2.75, 3.05) is 45.8 Å². The first-order chi connectivity index (χ1) is 16.3. The Bertz CT molecular complexity index is 1100. The lowest BCUT2D eigenvalue weighted by Gasteiger charge is -2.39. The van der Waals surface area contributed by atoms with E-state index in [-0.39, 0.29) is 16.7 Å². The highest BCUT2D eigenvalue weighted by Gasteiger charge is 2.41. The van der Waals surface area contributed by atoms with Crippen LogP contribution >= 0.6 is 0 Å². The summed E-state index contributed by atoms with van der Waals surface area (Å²) in [6, 6.07) is 6.73. The number of sulfonamides is 1. The van der Waals surface area contributed by atoms with E-state index < -0.39 is 16.1 Å². The highest BCUT2D eigenvalue weighted by molar-refractivity contribution is 7.90. The molecule has 0 aromatic heterocycles. The van der Waals surface area contributed by atoms with Crippen LogP contribution in [0.15, 0.2) is 33.6 Å². The van der Waals surface area contributed by atoms with Gasteiger partial charge in [0.05, 0.1) is 6.54 Å². The lowest BCUT2D eigenvalue weighted by Crippen LogP contribution is -2.56.